The highest BCUT2D eigenvalue weighted by Gasteiger charge is 2.22. The smallest absolute Gasteiger partial charge is 0.348 e. The number of hydrogen-bond donors (Lipinski definition) is 2. The van der Waals surface area contributed by atoms with Crippen LogP contribution in [-0.4, -0.2) is 34.4 Å². The number of carbonyl (C=O) groups is 2. The van der Waals surface area contributed by atoms with E-state index in [1.54, 1.807) is 13.8 Å². The summed E-state index contributed by atoms with van der Waals surface area (Å²) in [6.07, 6.45) is 0. The molecular formula is C13H13N5O3S3. The Morgan fingerprint density at radius 3 is 2.75 bits per heavy atom. The molecule has 0 aliphatic carbocycles. The molecule has 0 aliphatic heterocycles. The molecule has 11 heteroatoms. The number of aromatic nitrogens is 2. The molecule has 0 saturated carbocycles. The number of nitrogen functional groups attached to an aromatic ring is 1. The Morgan fingerprint density at radius 1 is 1.42 bits per heavy atom. The quantitative estimate of drug-likeness (QED) is 0.573. The molecule has 0 fully saturated rings. The van der Waals surface area contributed by atoms with Gasteiger partial charge in [-0.15, -0.1) is 21.5 Å². The van der Waals surface area contributed by atoms with Gasteiger partial charge in [0, 0.05) is 0 Å². The highest BCUT2D eigenvalue weighted by atomic mass is 32.2. The van der Waals surface area contributed by atoms with Crippen LogP contribution in [0.15, 0.2) is 4.34 Å². The number of esters is 1. The Hall–Kier alpha value is -2.16. The van der Waals surface area contributed by atoms with Gasteiger partial charge >= 0.3 is 5.97 Å². The van der Waals surface area contributed by atoms with E-state index < -0.39 is 5.97 Å². The molecule has 126 valence electrons. The molecule has 0 saturated heterocycles. The minimum absolute atomic E-state index is 0.0885. The number of ether oxygens (including phenoxy) is 1. The Morgan fingerprint density at radius 2 is 2.17 bits per heavy atom. The van der Waals surface area contributed by atoms with Crippen molar-refractivity contribution in [2.24, 2.45) is 0 Å². The Bertz CT molecular complexity index is 808. The number of thiophene rings is 1. The van der Waals surface area contributed by atoms with Crippen molar-refractivity contribution in [2.45, 2.75) is 18.2 Å². The van der Waals surface area contributed by atoms with Gasteiger partial charge in [0.2, 0.25) is 11.0 Å². The monoisotopic (exact) mass is 383 g/mol. The fourth-order valence-electron chi connectivity index (χ4n) is 1.70. The maximum absolute atomic E-state index is 12.1. The first-order valence-electron chi connectivity index (χ1n) is 6.68. The Kier molecular flexibility index (Phi) is 6.13. The van der Waals surface area contributed by atoms with Crippen molar-refractivity contribution in [1.82, 2.24) is 10.2 Å². The molecule has 0 atom stereocenters. The first kappa shape index (κ1) is 18.2. The zero-order chi connectivity index (χ0) is 17.7. The zero-order valence-corrected chi connectivity index (χ0v) is 15.2. The van der Waals surface area contributed by atoms with Crippen LogP contribution in [0.4, 0.5) is 10.1 Å². The average Bonchev–Trinajstić information content (AvgIpc) is 3.09. The van der Waals surface area contributed by atoms with Crippen LogP contribution in [0.1, 0.15) is 27.7 Å². The minimum atomic E-state index is -0.504. The van der Waals surface area contributed by atoms with Gasteiger partial charge in [-0.1, -0.05) is 23.1 Å². The van der Waals surface area contributed by atoms with Gasteiger partial charge in [0.25, 0.3) is 0 Å². The second kappa shape index (κ2) is 8.09. The maximum Gasteiger partial charge on any atom is 0.348 e. The Balaban J connectivity index is 2.08. The molecule has 3 N–H and O–H groups in total. The molecule has 1 amide bonds. The number of rotatable bonds is 6. The van der Waals surface area contributed by atoms with Gasteiger partial charge in [0.15, 0.2) is 4.34 Å². The van der Waals surface area contributed by atoms with E-state index in [1.165, 1.54) is 23.1 Å². The van der Waals surface area contributed by atoms with Crippen LogP contribution in [0.2, 0.25) is 0 Å². The van der Waals surface area contributed by atoms with Gasteiger partial charge in [-0.05, 0) is 19.4 Å². The van der Waals surface area contributed by atoms with Crippen molar-refractivity contribution in [3.63, 3.8) is 0 Å². The molecule has 0 aliphatic rings. The van der Waals surface area contributed by atoms with Crippen LogP contribution in [0.25, 0.3) is 0 Å². The predicted molar refractivity (Wildman–Crippen MR) is 93.4 cm³/mol. The van der Waals surface area contributed by atoms with Gasteiger partial charge in [-0.25, -0.2) is 4.79 Å². The first-order chi connectivity index (χ1) is 11.5. The third kappa shape index (κ3) is 4.22. The van der Waals surface area contributed by atoms with Crippen molar-refractivity contribution in [3.05, 3.63) is 16.0 Å². The third-order valence-corrected chi connectivity index (χ3v) is 5.79. The molecule has 2 rings (SSSR count). The molecule has 8 nitrogen and oxygen atoms in total. The number of hydrogen-bond acceptors (Lipinski definition) is 10. The summed E-state index contributed by atoms with van der Waals surface area (Å²) in [5, 5.41) is 20.0. The molecule has 2 aromatic rings. The van der Waals surface area contributed by atoms with Gasteiger partial charge in [0.05, 0.1) is 17.9 Å². The fraction of sp³-hybridized carbons (Fsp3) is 0.308. The van der Waals surface area contributed by atoms with E-state index in [1.807, 2.05) is 6.07 Å². The summed E-state index contributed by atoms with van der Waals surface area (Å²) < 4.78 is 5.54. The number of nitrogens with one attached hydrogen (secondary N) is 1. The minimum Gasteiger partial charge on any atom is -0.462 e. The number of carbonyl (C=O) groups excluding carboxylic acids is 2. The molecule has 24 heavy (non-hydrogen) atoms. The molecule has 2 heterocycles. The number of nitrogens with zero attached hydrogens (tertiary/aromatic N) is 3. The molecule has 0 radical (unpaired) electrons. The Labute approximate surface area is 150 Å². The summed E-state index contributed by atoms with van der Waals surface area (Å²) >= 11 is 3.41. The van der Waals surface area contributed by atoms with Crippen LogP contribution in [-0.2, 0) is 9.53 Å². The van der Waals surface area contributed by atoms with E-state index >= 15 is 0 Å². The van der Waals surface area contributed by atoms with Crippen molar-refractivity contribution in [2.75, 3.05) is 23.4 Å². The van der Waals surface area contributed by atoms with Crippen molar-refractivity contribution >= 4 is 56.4 Å². The van der Waals surface area contributed by atoms with Gasteiger partial charge in [-0.3, -0.25) is 4.79 Å². The highest BCUT2D eigenvalue weighted by molar-refractivity contribution is 8.01. The maximum atomic E-state index is 12.1. The van der Waals surface area contributed by atoms with Crippen molar-refractivity contribution in [1.29, 1.82) is 5.26 Å². The SMILES string of the molecule is CCOC(=O)c1sc(NC(=O)CSc2nnc(N)s2)c(C#N)c1C. The zero-order valence-electron chi connectivity index (χ0n) is 12.8. The van der Waals surface area contributed by atoms with Crippen molar-refractivity contribution in [3.8, 4) is 6.07 Å². The van der Waals surface area contributed by atoms with Crippen molar-refractivity contribution < 1.29 is 14.3 Å². The molecule has 0 bridgehead atoms. The lowest BCUT2D eigenvalue weighted by Crippen LogP contribution is -2.13. The molecular weight excluding hydrogens is 370 g/mol. The topological polar surface area (TPSA) is 131 Å². The normalized spacial score (nSPS) is 10.2. The summed E-state index contributed by atoms with van der Waals surface area (Å²) in [6, 6.07) is 2.01. The fourth-order valence-corrected chi connectivity index (χ4v) is 4.20. The summed E-state index contributed by atoms with van der Waals surface area (Å²) in [7, 11) is 0. The number of amides is 1. The predicted octanol–water partition coefficient (Wildman–Crippen LogP) is 2.27. The van der Waals surface area contributed by atoms with Crippen LogP contribution in [0.5, 0.6) is 0 Å². The number of anilines is 2. The van der Waals surface area contributed by atoms with E-state index in [9.17, 15) is 14.9 Å². The van der Waals surface area contributed by atoms with Crippen LogP contribution in [0.3, 0.4) is 0 Å². The lowest BCUT2D eigenvalue weighted by atomic mass is 10.2. The van der Waals surface area contributed by atoms with Gasteiger partial charge < -0.3 is 15.8 Å². The average molecular weight is 383 g/mol. The van der Waals surface area contributed by atoms with Crippen LogP contribution in [0, 0.1) is 18.3 Å². The lowest BCUT2D eigenvalue weighted by molar-refractivity contribution is -0.113. The summed E-state index contributed by atoms with van der Waals surface area (Å²) in [4.78, 5) is 24.2. The van der Waals surface area contributed by atoms with E-state index in [0.29, 0.717) is 24.9 Å². The molecule has 0 spiro atoms. The lowest BCUT2D eigenvalue weighted by Gasteiger charge is -2.01. The summed E-state index contributed by atoms with van der Waals surface area (Å²) in [5.74, 6) is -0.733. The number of nitrogens with two attached hydrogens (primary N) is 1. The largest absolute Gasteiger partial charge is 0.462 e. The van der Waals surface area contributed by atoms with Gasteiger partial charge in [-0.2, -0.15) is 5.26 Å². The van der Waals surface area contributed by atoms with E-state index in [4.69, 9.17) is 10.5 Å². The summed E-state index contributed by atoms with van der Waals surface area (Å²) in [6.45, 7) is 3.59. The third-order valence-electron chi connectivity index (χ3n) is 2.72. The molecule has 0 aromatic carbocycles. The molecule has 2 aromatic heterocycles. The first-order valence-corrected chi connectivity index (χ1v) is 9.30. The van der Waals surface area contributed by atoms with E-state index in [2.05, 4.69) is 15.5 Å². The van der Waals surface area contributed by atoms with Crippen LogP contribution < -0.4 is 11.1 Å². The number of thioether (sulfide) groups is 1. The van der Waals surface area contributed by atoms with Crippen LogP contribution >= 0.6 is 34.4 Å². The second-order valence-electron chi connectivity index (χ2n) is 4.34. The van der Waals surface area contributed by atoms with E-state index in [-0.39, 0.29) is 23.8 Å². The molecule has 0 unspecified atom stereocenters. The van der Waals surface area contributed by atoms with E-state index in [0.717, 1.165) is 11.3 Å². The summed E-state index contributed by atoms with van der Waals surface area (Å²) in [5.41, 5.74) is 6.24. The highest BCUT2D eigenvalue weighted by Crippen LogP contribution is 2.33. The second-order valence-corrected chi connectivity index (χ2v) is 7.59. The number of nitriles is 1. The van der Waals surface area contributed by atoms with Gasteiger partial charge in [0.1, 0.15) is 15.9 Å². The standard InChI is InChI=1S/C13H13N5O3S3/c1-3-21-11(20)9-6(2)7(4-14)10(23-9)16-8(19)5-22-13-18-17-12(15)24-13/h3,5H2,1-2H3,(H2,15,17)(H,16,19).